The summed E-state index contributed by atoms with van der Waals surface area (Å²) in [5, 5.41) is 0.503. The molecule has 2 aromatic heterocycles. The summed E-state index contributed by atoms with van der Waals surface area (Å²) in [6.07, 6.45) is 1.54. The van der Waals surface area contributed by atoms with Crippen molar-refractivity contribution in [2.75, 3.05) is 0 Å². The van der Waals surface area contributed by atoms with Crippen LogP contribution < -0.4 is 0 Å². The van der Waals surface area contributed by atoms with E-state index in [1.807, 2.05) is 0 Å². The molecule has 0 radical (unpaired) electrons. The Labute approximate surface area is 132 Å². The Balaban J connectivity index is 2.30. The van der Waals surface area contributed by atoms with Crippen molar-refractivity contribution >= 4 is 50.3 Å². The molecule has 0 unspecified atom stereocenters. The van der Waals surface area contributed by atoms with Gasteiger partial charge in [0.15, 0.2) is 5.65 Å². The monoisotopic (exact) mass is 373 g/mol. The molecule has 0 spiro atoms. The lowest BCUT2D eigenvalue weighted by atomic mass is 10.3. The number of hydrogen-bond acceptors (Lipinski definition) is 2. The van der Waals surface area contributed by atoms with Gasteiger partial charge in [-0.2, -0.15) is 0 Å². The van der Waals surface area contributed by atoms with E-state index < -0.39 is 0 Å². The van der Waals surface area contributed by atoms with Crippen molar-refractivity contribution in [1.82, 2.24) is 14.5 Å². The van der Waals surface area contributed by atoms with Gasteiger partial charge >= 0.3 is 0 Å². The zero-order valence-corrected chi connectivity index (χ0v) is 13.0. The van der Waals surface area contributed by atoms with Gasteiger partial charge in [0.05, 0.1) is 21.1 Å². The molecule has 102 valence electrons. The Morgan fingerprint density at radius 3 is 2.80 bits per heavy atom. The first-order valence-corrected chi connectivity index (χ1v) is 7.35. The van der Waals surface area contributed by atoms with E-state index in [0.717, 1.165) is 5.69 Å². The number of imidazole rings is 1. The normalized spacial score (nSPS) is 11.2. The predicted octanol–water partition coefficient (Wildman–Crippen LogP) is 4.71. The maximum absolute atomic E-state index is 13.4. The fourth-order valence-electron chi connectivity index (χ4n) is 1.97. The lowest BCUT2D eigenvalue weighted by molar-refractivity contribution is 0.620. The number of aromatic nitrogens is 3. The SMILES string of the molecule is Fc1ccc(-n2c(CCl)nc3cc(Cl)cnc32)cc1Br. The highest BCUT2D eigenvalue weighted by Gasteiger charge is 2.14. The smallest absolute Gasteiger partial charge is 0.164 e. The quantitative estimate of drug-likeness (QED) is 0.608. The molecule has 0 saturated carbocycles. The first kappa shape index (κ1) is 13.8. The standard InChI is InChI=1S/C13H7BrCl2FN3/c14-9-4-8(1-2-10(9)17)20-12(5-15)19-11-3-7(16)6-18-13(11)20/h1-4,6H,5H2. The maximum atomic E-state index is 13.4. The molecule has 3 aromatic rings. The number of fused-ring (bicyclic) bond motifs is 1. The van der Waals surface area contributed by atoms with Crippen LogP contribution in [0.3, 0.4) is 0 Å². The fourth-order valence-corrected chi connectivity index (χ4v) is 2.67. The van der Waals surface area contributed by atoms with E-state index in [1.54, 1.807) is 29.0 Å². The van der Waals surface area contributed by atoms with Crippen LogP contribution in [0.5, 0.6) is 0 Å². The van der Waals surface area contributed by atoms with E-state index >= 15 is 0 Å². The number of hydrogen-bond donors (Lipinski definition) is 0. The molecule has 2 heterocycles. The van der Waals surface area contributed by atoms with Gasteiger partial charge in [-0.15, -0.1) is 11.6 Å². The molecule has 3 rings (SSSR count). The maximum Gasteiger partial charge on any atom is 0.164 e. The summed E-state index contributed by atoms with van der Waals surface area (Å²) >= 11 is 15.0. The number of nitrogens with zero attached hydrogens (tertiary/aromatic N) is 3. The highest BCUT2D eigenvalue weighted by molar-refractivity contribution is 9.10. The van der Waals surface area contributed by atoms with Gasteiger partial charge in [-0.3, -0.25) is 4.57 Å². The van der Waals surface area contributed by atoms with Crippen LogP contribution in [0.25, 0.3) is 16.9 Å². The third kappa shape index (κ3) is 2.30. The van der Waals surface area contributed by atoms with E-state index in [1.165, 1.54) is 6.07 Å². The van der Waals surface area contributed by atoms with Crippen LogP contribution >= 0.6 is 39.1 Å². The summed E-state index contributed by atoms with van der Waals surface area (Å²) in [6.45, 7) is 0. The Morgan fingerprint density at radius 2 is 2.10 bits per heavy atom. The van der Waals surface area contributed by atoms with Crippen LogP contribution in [-0.4, -0.2) is 14.5 Å². The van der Waals surface area contributed by atoms with Gasteiger partial charge in [-0.1, -0.05) is 11.6 Å². The molecule has 0 aliphatic heterocycles. The number of alkyl halides is 1. The van der Waals surface area contributed by atoms with E-state index in [-0.39, 0.29) is 11.7 Å². The molecular weight excluding hydrogens is 368 g/mol. The van der Waals surface area contributed by atoms with Crippen LogP contribution in [0.2, 0.25) is 5.02 Å². The zero-order chi connectivity index (χ0) is 14.3. The molecule has 0 bridgehead atoms. The lowest BCUT2D eigenvalue weighted by Crippen LogP contribution is -2.00. The first-order chi connectivity index (χ1) is 9.60. The molecular formula is C13H7BrCl2FN3. The van der Waals surface area contributed by atoms with Gasteiger partial charge in [0.25, 0.3) is 0 Å². The van der Waals surface area contributed by atoms with Crippen LogP contribution in [0.1, 0.15) is 5.82 Å². The van der Waals surface area contributed by atoms with Gasteiger partial charge in [-0.05, 0) is 40.2 Å². The summed E-state index contributed by atoms with van der Waals surface area (Å²) in [4.78, 5) is 8.67. The lowest BCUT2D eigenvalue weighted by Gasteiger charge is -2.08. The second-order valence-corrected chi connectivity index (χ2v) is 5.65. The average Bonchev–Trinajstić information content (AvgIpc) is 2.79. The van der Waals surface area contributed by atoms with Crippen molar-refractivity contribution in [3.05, 3.63) is 51.6 Å². The molecule has 0 aliphatic rings. The van der Waals surface area contributed by atoms with Crippen LogP contribution in [-0.2, 0) is 5.88 Å². The Hall–Kier alpha value is -1.17. The van der Waals surface area contributed by atoms with Crippen LogP contribution in [0.15, 0.2) is 34.9 Å². The van der Waals surface area contributed by atoms with E-state index in [9.17, 15) is 4.39 Å². The molecule has 0 amide bonds. The summed E-state index contributed by atoms with van der Waals surface area (Å²) in [5.41, 5.74) is 2.00. The highest BCUT2D eigenvalue weighted by atomic mass is 79.9. The van der Waals surface area contributed by atoms with Gasteiger partial charge in [0.1, 0.15) is 17.2 Å². The minimum Gasteiger partial charge on any atom is -0.280 e. The minimum atomic E-state index is -0.332. The van der Waals surface area contributed by atoms with E-state index in [0.29, 0.717) is 26.5 Å². The molecule has 20 heavy (non-hydrogen) atoms. The van der Waals surface area contributed by atoms with Crippen molar-refractivity contribution < 1.29 is 4.39 Å². The summed E-state index contributed by atoms with van der Waals surface area (Å²) in [6, 6.07) is 6.39. The van der Waals surface area contributed by atoms with Gasteiger partial charge in [-0.25, -0.2) is 14.4 Å². The fraction of sp³-hybridized carbons (Fsp3) is 0.0769. The van der Waals surface area contributed by atoms with Gasteiger partial charge in [0, 0.05) is 6.20 Å². The highest BCUT2D eigenvalue weighted by Crippen LogP contribution is 2.26. The van der Waals surface area contributed by atoms with E-state index in [2.05, 4.69) is 25.9 Å². The topological polar surface area (TPSA) is 30.7 Å². The molecule has 0 atom stereocenters. The average molecular weight is 375 g/mol. The molecule has 3 nitrogen and oxygen atoms in total. The third-order valence-corrected chi connectivity index (χ3v) is 3.87. The van der Waals surface area contributed by atoms with Crippen LogP contribution in [0, 0.1) is 5.82 Å². The zero-order valence-electron chi connectivity index (χ0n) is 9.95. The Bertz CT molecular complexity index is 804. The Kier molecular flexibility index (Phi) is 3.67. The number of pyridine rings is 1. The number of benzene rings is 1. The second-order valence-electron chi connectivity index (χ2n) is 4.09. The molecule has 0 fully saturated rings. The third-order valence-electron chi connectivity index (χ3n) is 2.81. The van der Waals surface area contributed by atoms with Crippen LogP contribution in [0.4, 0.5) is 4.39 Å². The van der Waals surface area contributed by atoms with Crippen molar-refractivity contribution in [2.45, 2.75) is 5.88 Å². The van der Waals surface area contributed by atoms with Crippen molar-refractivity contribution in [1.29, 1.82) is 0 Å². The number of rotatable bonds is 2. The molecule has 0 N–H and O–H groups in total. The molecule has 0 aliphatic carbocycles. The second kappa shape index (κ2) is 5.31. The summed E-state index contributed by atoms with van der Waals surface area (Å²) < 4.78 is 15.5. The molecule has 7 heteroatoms. The Morgan fingerprint density at radius 1 is 1.30 bits per heavy atom. The van der Waals surface area contributed by atoms with Crippen molar-refractivity contribution in [3.63, 3.8) is 0 Å². The predicted molar refractivity (Wildman–Crippen MR) is 81.1 cm³/mol. The molecule has 1 aromatic carbocycles. The minimum absolute atomic E-state index is 0.211. The summed E-state index contributed by atoms with van der Waals surface area (Å²) in [7, 11) is 0. The largest absolute Gasteiger partial charge is 0.280 e. The molecule has 0 saturated heterocycles. The van der Waals surface area contributed by atoms with Gasteiger partial charge < -0.3 is 0 Å². The first-order valence-electron chi connectivity index (χ1n) is 5.64. The van der Waals surface area contributed by atoms with E-state index in [4.69, 9.17) is 23.2 Å². The van der Waals surface area contributed by atoms with Gasteiger partial charge in [0.2, 0.25) is 0 Å². The van der Waals surface area contributed by atoms with Crippen molar-refractivity contribution in [2.24, 2.45) is 0 Å². The number of halogens is 4. The summed E-state index contributed by atoms with van der Waals surface area (Å²) in [5.74, 6) is 0.500. The van der Waals surface area contributed by atoms with Crippen molar-refractivity contribution in [3.8, 4) is 5.69 Å².